The van der Waals surface area contributed by atoms with E-state index in [4.69, 9.17) is 0 Å². The Morgan fingerprint density at radius 1 is 0.655 bits per heavy atom. The third-order valence-corrected chi connectivity index (χ3v) is 7.00. The molecule has 0 aromatic carbocycles. The van der Waals surface area contributed by atoms with Crippen molar-refractivity contribution in [1.29, 1.82) is 0 Å². The van der Waals surface area contributed by atoms with Crippen LogP contribution in [0.15, 0.2) is 0 Å². The van der Waals surface area contributed by atoms with Crippen LogP contribution < -0.4 is 51.4 Å². The average Bonchev–Trinajstić information content (AvgIpc) is 2.64. The second-order valence-corrected chi connectivity index (χ2v) is 10.4. The molecule has 170 valence electrons. The molecule has 0 bridgehead atoms. The van der Waals surface area contributed by atoms with Gasteiger partial charge in [0.25, 0.3) is 0 Å². The summed E-state index contributed by atoms with van der Waals surface area (Å²) >= 11 is 0. The predicted molar refractivity (Wildman–Crippen MR) is 119 cm³/mol. The van der Waals surface area contributed by atoms with Gasteiger partial charge in [-0.3, -0.25) is 0 Å². The van der Waals surface area contributed by atoms with E-state index in [0.717, 1.165) is 38.5 Å². The van der Waals surface area contributed by atoms with E-state index in [1.165, 1.54) is 84.0 Å². The number of rotatable bonds is 21. The van der Waals surface area contributed by atoms with Gasteiger partial charge in [-0.2, -0.15) is 0 Å². The molecule has 0 aromatic heterocycles. The Kier molecular flexibility index (Phi) is 25.6. The van der Waals surface area contributed by atoms with Gasteiger partial charge >= 0.3 is 51.4 Å². The van der Waals surface area contributed by atoms with Gasteiger partial charge in [-0.1, -0.05) is 110 Å². The fraction of sp³-hybridized carbons (Fsp3) is 1.00. The van der Waals surface area contributed by atoms with Crippen molar-refractivity contribution in [1.82, 2.24) is 0 Å². The Morgan fingerprint density at radius 2 is 0.966 bits per heavy atom. The summed E-state index contributed by atoms with van der Waals surface area (Å²) in [6.45, 7) is 3.76. The number of hydrogen-bond donors (Lipinski definition) is 1. The normalized spacial score (nSPS) is 13.8. The fourth-order valence-electron chi connectivity index (χ4n) is 3.67. The van der Waals surface area contributed by atoms with Gasteiger partial charge in [0.05, 0.1) is 16.2 Å². The van der Waals surface area contributed by atoms with Gasteiger partial charge in [0.15, 0.2) is 0 Å². The first kappa shape index (κ1) is 32.7. The summed E-state index contributed by atoms with van der Waals surface area (Å²) in [7, 11) is -4.10. The first-order valence-corrected chi connectivity index (χ1v) is 13.5. The topological polar surface area (TPSA) is 77.4 Å². The molecule has 0 aliphatic carbocycles. The maximum atomic E-state index is 10.8. The molecular weight excluding hydrogens is 411 g/mol. The van der Waals surface area contributed by atoms with Crippen molar-refractivity contribution in [2.45, 2.75) is 147 Å². The van der Waals surface area contributed by atoms with Gasteiger partial charge in [0.1, 0.15) is 0 Å². The SMILES string of the molecule is CCCCCCCCCCC(O)CCCCCCCCCCC(C)S(=O)(=O)[O-].[K+]. The third-order valence-electron chi connectivity index (χ3n) is 5.78. The van der Waals surface area contributed by atoms with E-state index in [1.807, 2.05) is 0 Å². The molecule has 0 aliphatic heterocycles. The van der Waals surface area contributed by atoms with Gasteiger partial charge in [0.2, 0.25) is 0 Å². The molecule has 1 N–H and O–H groups in total. The van der Waals surface area contributed by atoms with E-state index in [9.17, 15) is 18.1 Å². The largest absolute Gasteiger partial charge is 1.00 e. The molecule has 6 heteroatoms. The van der Waals surface area contributed by atoms with E-state index in [1.54, 1.807) is 0 Å². The van der Waals surface area contributed by atoms with E-state index in [2.05, 4.69) is 6.92 Å². The molecule has 0 rings (SSSR count). The second kappa shape index (κ2) is 22.7. The zero-order valence-corrected chi connectivity index (χ0v) is 23.6. The molecule has 0 fully saturated rings. The second-order valence-electron chi connectivity index (χ2n) is 8.63. The van der Waals surface area contributed by atoms with Gasteiger partial charge in [-0.25, -0.2) is 8.42 Å². The Morgan fingerprint density at radius 3 is 1.31 bits per heavy atom. The quantitative estimate of drug-likeness (QED) is 0.162. The summed E-state index contributed by atoms with van der Waals surface area (Å²) < 4.78 is 32.4. The van der Waals surface area contributed by atoms with Crippen LogP contribution in [0, 0.1) is 0 Å². The van der Waals surface area contributed by atoms with Crippen LogP contribution in [0.3, 0.4) is 0 Å². The number of hydrogen-bond acceptors (Lipinski definition) is 4. The number of aliphatic hydroxyl groups is 1. The monoisotopic (exact) mass is 458 g/mol. The molecule has 0 aliphatic rings. The summed E-state index contributed by atoms with van der Waals surface area (Å²) in [5.74, 6) is 0. The zero-order valence-electron chi connectivity index (χ0n) is 19.7. The fourth-order valence-corrected chi connectivity index (χ4v) is 4.13. The van der Waals surface area contributed by atoms with Crippen LogP contribution in [0.2, 0.25) is 0 Å². The van der Waals surface area contributed by atoms with Crippen LogP contribution in [-0.2, 0) is 10.1 Å². The van der Waals surface area contributed by atoms with E-state index < -0.39 is 15.4 Å². The Balaban J connectivity index is 0. The van der Waals surface area contributed by atoms with Crippen molar-refractivity contribution >= 4 is 10.1 Å². The van der Waals surface area contributed by atoms with Crippen LogP contribution in [0.25, 0.3) is 0 Å². The maximum Gasteiger partial charge on any atom is 1.00 e. The Labute approximate surface area is 224 Å². The first-order valence-electron chi connectivity index (χ1n) is 12.0. The molecule has 0 amide bonds. The minimum Gasteiger partial charge on any atom is -0.748 e. The molecule has 0 saturated carbocycles. The van der Waals surface area contributed by atoms with Gasteiger partial charge < -0.3 is 9.66 Å². The summed E-state index contributed by atoms with van der Waals surface area (Å²) in [6.07, 6.45) is 21.7. The van der Waals surface area contributed by atoms with Gasteiger partial charge in [-0.05, 0) is 26.2 Å². The summed E-state index contributed by atoms with van der Waals surface area (Å²) in [5, 5.41) is 9.31. The summed E-state index contributed by atoms with van der Waals surface area (Å²) in [6, 6.07) is 0. The molecule has 2 atom stereocenters. The van der Waals surface area contributed by atoms with E-state index >= 15 is 0 Å². The standard InChI is InChI=1S/C23H48O4S.K/c1-3-4-5-6-7-11-14-17-20-23(24)21-18-15-12-9-8-10-13-16-19-22(2)28(25,26)27;/h22-24H,3-21H2,1-2H3,(H,25,26,27);/q;+1/p-1. The molecule has 4 nitrogen and oxygen atoms in total. The van der Waals surface area contributed by atoms with Crippen molar-refractivity contribution in [2.75, 3.05) is 0 Å². The third kappa shape index (κ3) is 24.0. The Hall–Kier alpha value is 1.51. The van der Waals surface area contributed by atoms with Crippen molar-refractivity contribution in [3.63, 3.8) is 0 Å². The van der Waals surface area contributed by atoms with Gasteiger partial charge in [-0.15, -0.1) is 0 Å². The Bertz CT molecular complexity index is 429. The average molecular weight is 459 g/mol. The van der Waals surface area contributed by atoms with Crippen molar-refractivity contribution in [3.05, 3.63) is 0 Å². The number of aliphatic hydroxyl groups excluding tert-OH is 1. The molecule has 2 unspecified atom stereocenters. The number of unbranched alkanes of at least 4 members (excludes halogenated alkanes) is 14. The minimum absolute atomic E-state index is 0. The summed E-state index contributed by atoms with van der Waals surface area (Å²) in [5.41, 5.74) is 0. The van der Waals surface area contributed by atoms with Crippen LogP contribution >= 0.6 is 0 Å². The molecule has 0 saturated heterocycles. The summed E-state index contributed by atoms with van der Waals surface area (Å²) in [4.78, 5) is 0. The molecular formula is C23H47KO4S. The van der Waals surface area contributed by atoms with Crippen LogP contribution in [0.4, 0.5) is 0 Å². The molecule has 0 spiro atoms. The molecule has 0 heterocycles. The molecule has 0 aromatic rings. The molecule has 0 radical (unpaired) electrons. The predicted octanol–water partition coefficient (Wildman–Crippen LogP) is 3.72. The maximum absolute atomic E-state index is 10.8. The van der Waals surface area contributed by atoms with E-state index in [-0.39, 0.29) is 57.5 Å². The van der Waals surface area contributed by atoms with Crippen molar-refractivity contribution < 1.29 is 69.5 Å². The minimum atomic E-state index is -4.10. The van der Waals surface area contributed by atoms with Crippen LogP contribution in [0.5, 0.6) is 0 Å². The zero-order chi connectivity index (χ0) is 21.1. The van der Waals surface area contributed by atoms with Crippen molar-refractivity contribution in [3.8, 4) is 0 Å². The van der Waals surface area contributed by atoms with Gasteiger partial charge in [0, 0.05) is 5.25 Å². The smallest absolute Gasteiger partial charge is 0.748 e. The van der Waals surface area contributed by atoms with Crippen LogP contribution in [0.1, 0.15) is 136 Å². The van der Waals surface area contributed by atoms with E-state index in [0.29, 0.717) is 6.42 Å². The van der Waals surface area contributed by atoms with Crippen LogP contribution in [-0.4, -0.2) is 29.4 Å². The van der Waals surface area contributed by atoms with Crippen molar-refractivity contribution in [2.24, 2.45) is 0 Å². The molecule has 29 heavy (non-hydrogen) atoms. The first-order chi connectivity index (χ1) is 13.4.